The largest absolute Gasteiger partial charge is 0.312 e. The Labute approximate surface area is 114 Å². The molecule has 0 spiro atoms. The van der Waals surface area contributed by atoms with Crippen LogP contribution in [0.3, 0.4) is 0 Å². The number of nitrogens with zero attached hydrogens (tertiary/aromatic N) is 1. The molecule has 18 heavy (non-hydrogen) atoms. The predicted molar refractivity (Wildman–Crippen MR) is 78.9 cm³/mol. The second kappa shape index (κ2) is 6.91. The summed E-state index contributed by atoms with van der Waals surface area (Å²) < 4.78 is 0. The number of hydrogen-bond donors (Lipinski definition) is 1. The second-order valence-electron chi connectivity index (χ2n) is 6.73. The topological polar surface area (TPSA) is 15.3 Å². The van der Waals surface area contributed by atoms with Gasteiger partial charge in [-0.25, -0.2) is 0 Å². The number of hydrogen-bond acceptors (Lipinski definition) is 2. The lowest BCUT2D eigenvalue weighted by Crippen LogP contribution is -2.48. The maximum absolute atomic E-state index is 3.77. The molecule has 0 aliphatic heterocycles. The Bertz CT molecular complexity index is 235. The summed E-state index contributed by atoms with van der Waals surface area (Å²) in [6.45, 7) is 6.01. The first-order valence-electron chi connectivity index (χ1n) is 8.14. The molecule has 2 aliphatic rings. The molecule has 106 valence electrons. The average Bonchev–Trinajstić information content (AvgIpc) is 2.89. The Kier molecular flexibility index (Phi) is 5.50. The first kappa shape index (κ1) is 14.3. The Balaban J connectivity index is 1.74. The van der Waals surface area contributed by atoms with Gasteiger partial charge in [-0.1, -0.05) is 32.6 Å². The van der Waals surface area contributed by atoms with Crippen LogP contribution in [0.25, 0.3) is 0 Å². The highest BCUT2D eigenvalue weighted by Crippen LogP contribution is 2.28. The van der Waals surface area contributed by atoms with Gasteiger partial charge in [0.15, 0.2) is 0 Å². The van der Waals surface area contributed by atoms with Crippen LogP contribution >= 0.6 is 0 Å². The highest BCUT2D eigenvalue weighted by Gasteiger charge is 2.27. The smallest absolute Gasteiger partial charge is 0.0192 e. The van der Waals surface area contributed by atoms with Crippen LogP contribution in [0.1, 0.15) is 65.2 Å². The fourth-order valence-corrected chi connectivity index (χ4v) is 3.84. The number of nitrogens with one attached hydrogen (secondary N) is 1. The van der Waals surface area contributed by atoms with E-state index in [1.165, 1.54) is 57.9 Å². The highest BCUT2D eigenvalue weighted by molar-refractivity contribution is 4.84. The van der Waals surface area contributed by atoms with E-state index in [4.69, 9.17) is 0 Å². The van der Waals surface area contributed by atoms with Crippen molar-refractivity contribution in [3.05, 3.63) is 0 Å². The van der Waals surface area contributed by atoms with Crippen LogP contribution < -0.4 is 5.32 Å². The maximum atomic E-state index is 3.77. The van der Waals surface area contributed by atoms with Crippen molar-refractivity contribution in [2.75, 3.05) is 13.6 Å². The van der Waals surface area contributed by atoms with Gasteiger partial charge < -0.3 is 5.32 Å². The third-order valence-corrected chi connectivity index (χ3v) is 5.34. The second-order valence-corrected chi connectivity index (χ2v) is 6.73. The first-order valence-corrected chi connectivity index (χ1v) is 8.14. The van der Waals surface area contributed by atoms with Crippen LogP contribution in [0.5, 0.6) is 0 Å². The molecule has 0 bridgehead atoms. The standard InChI is InChI=1S/C16H32N2/c1-13-8-4-7-11-16(13)18(3)14(2)12-17-15-9-5-6-10-15/h13-17H,4-12H2,1-3H3. The Morgan fingerprint density at radius 3 is 2.33 bits per heavy atom. The average molecular weight is 252 g/mol. The normalized spacial score (nSPS) is 32.0. The molecular weight excluding hydrogens is 220 g/mol. The zero-order valence-electron chi connectivity index (χ0n) is 12.6. The quantitative estimate of drug-likeness (QED) is 0.806. The predicted octanol–water partition coefficient (Wildman–Crippen LogP) is 3.42. The molecule has 2 nitrogen and oxygen atoms in total. The van der Waals surface area contributed by atoms with E-state index in [0.717, 1.165) is 18.0 Å². The monoisotopic (exact) mass is 252 g/mol. The van der Waals surface area contributed by atoms with Crippen LogP contribution in [0.4, 0.5) is 0 Å². The van der Waals surface area contributed by atoms with Gasteiger partial charge in [0.05, 0.1) is 0 Å². The summed E-state index contributed by atoms with van der Waals surface area (Å²) in [6.07, 6.45) is 11.4. The summed E-state index contributed by atoms with van der Waals surface area (Å²) in [5.41, 5.74) is 0. The molecule has 1 N–H and O–H groups in total. The van der Waals surface area contributed by atoms with Gasteiger partial charge in [0.25, 0.3) is 0 Å². The van der Waals surface area contributed by atoms with E-state index in [-0.39, 0.29) is 0 Å². The van der Waals surface area contributed by atoms with Crippen molar-refractivity contribution in [3.8, 4) is 0 Å². The van der Waals surface area contributed by atoms with Crippen molar-refractivity contribution in [3.63, 3.8) is 0 Å². The Hall–Kier alpha value is -0.0800. The van der Waals surface area contributed by atoms with Gasteiger partial charge in [-0.2, -0.15) is 0 Å². The molecule has 2 rings (SSSR count). The summed E-state index contributed by atoms with van der Waals surface area (Å²) in [7, 11) is 2.34. The molecular formula is C16H32N2. The fourth-order valence-electron chi connectivity index (χ4n) is 3.84. The van der Waals surface area contributed by atoms with Crippen LogP contribution in [-0.4, -0.2) is 36.6 Å². The third-order valence-electron chi connectivity index (χ3n) is 5.34. The van der Waals surface area contributed by atoms with Crippen molar-refractivity contribution in [1.29, 1.82) is 0 Å². The molecule has 3 atom stereocenters. The van der Waals surface area contributed by atoms with E-state index in [0.29, 0.717) is 6.04 Å². The zero-order valence-corrected chi connectivity index (χ0v) is 12.6. The maximum Gasteiger partial charge on any atom is 0.0192 e. The molecule has 2 aliphatic carbocycles. The van der Waals surface area contributed by atoms with Gasteiger partial charge in [0.2, 0.25) is 0 Å². The molecule has 0 aromatic heterocycles. The van der Waals surface area contributed by atoms with Crippen molar-refractivity contribution >= 4 is 0 Å². The molecule has 2 fully saturated rings. The van der Waals surface area contributed by atoms with Crippen molar-refractivity contribution in [1.82, 2.24) is 10.2 Å². The summed E-state index contributed by atoms with van der Waals surface area (Å²) in [5.74, 6) is 0.887. The van der Waals surface area contributed by atoms with Crippen molar-refractivity contribution in [2.24, 2.45) is 5.92 Å². The molecule has 0 saturated heterocycles. The van der Waals surface area contributed by atoms with Crippen LogP contribution in [0.2, 0.25) is 0 Å². The number of likely N-dealkylation sites (N-methyl/N-ethyl adjacent to an activating group) is 1. The van der Waals surface area contributed by atoms with Crippen LogP contribution in [-0.2, 0) is 0 Å². The molecule has 0 heterocycles. The minimum absolute atomic E-state index is 0.677. The van der Waals surface area contributed by atoms with Crippen molar-refractivity contribution in [2.45, 2.75) is 83.3 Å². The SMILES string of the molecule is CC1CCCCC1N(C)C(C)CNC1CCCC1. The Morgan fingerprint density at radius 1 is 1.06 bits per heavy atom. The van der Waals surface area contributed by atoms with Gasteiger partial charge in [-0.05, 0) is 45.6 Å². The van der Waals surface area contributed by atoms with Gasteiger partial charge in [-0.3, -0.25) is 4.90 Å². The summed E-state index contributed by atoms with van der Waals surface area (Å²) in [5, 5.41) is 3.77. The Morgan fingerprint density at radius 2 is 1.67 bits per heavy atom. The van der Waals surface area contributed by atoms with Gasteiger partial charge in [0.1, 0.15) is 0 Å². The van der Waals surface area contributed by atoms with E-state index in [2.05, 4.69) is 31.1 Å². The summed E-state index contributed by atoms with van der Waals surface area (Å²) in [6, 6.07) is 2.31. The van der Waals surface area contributed by atoms with Gasteiger partial charge in [0, 0.05) is 24.7 Å². The summed E-state index contributed by atoms with van der Waals surface area (Å²) in [4.78, 5) is 2.64. The lowest BCUT2D eigenvalue weighted by molar-refractivity contribution is 0.101. The molecule has 0 aromatic rings. The van der Waals surface area contributed by atoms with Gasteiger partial charge in [-0.15, -0.1) is 0 Å². The van der Waals surface area contributed by atoms with E-state index < -0.39 is 0 Å². The van der Waals surface area contributed by atoms with E-state index in [9.17, 15) is 0 Å². The first-order chi connectivity index (χ1) is 8.68. The zero-order chi connectivity index (χ0) is 13.0. The van der Waals surface area contributed by atoms with E-state index in [1.807, 2.05) is 0 Å². The molecule has 0 amide bonds. The summed E-state index contributed by atoms with van der Waals surface area (Å²) >= 11 is 0. The lowest BCUT2D eigenvalue weighted by Gasteiger charge is -2.40. The number of rotatable bonds is 5. The minimum Gasteiger partial charge on any atom is -0.312 e. The van der Waals surface area contributed by atoms with Crippen LogP contribution in [0.15, 0.2) is 0 Å². The molecule has 0 radical (unpaired) electrons. The molecule has 3 unspecified atom stereocenters. The molecule has 2 heteroatoms. The van der Waals surface area contributed by atoms with Crippen LogP contribution in [0, 0.1) is 5.92 Å². The van der Waals surface area contributed by atoms with E-state index in [1.54, 1.807) is 0 Å². The van der Waals surface area contributed by atoms with Gasteiger partial charge >= 0.3 is 0 Å². The van der Waals surface area contributed by atoms with E-state index >= 15 is 0 Å². The minimum atomic E-state index is 0.677. The fraction of sp³-hybridized carbons (Fsp3) is 1.00. The molecule has 0 aromatic carbocycles. The third kappa shape index (κ3) is 3.71. The highest BCUT2D eigenvalue weighted by atomic mass is 15.2. The molecule has 2 saturated carbocycles. The van der Waals surface area contributed by atoms with Crippen molar-refractivity contribution < 1.29 is 0 Å². The lowest BCUT2D eigenvalue weighted by atomic mass is 9.84.